The van der Waals surface area contributed by atoms with E-state index < -0.39 is 22.0 Å². The van der Waals surface area contributed by atoms with Crippen LogP contribution in [0, 0.1) is 6.92 Å². The van der Waals surface area contributed by atoms with Crippen molar-refractivity contribution in [2.45, 2.75) is 25.9 Å². The molecule has 1 fully saturated rings. The lowest BCUT2D eigenvalue weighted by atomic mass is 10.1. The van der Waals surface area contributed by atoms with Gasteiger partial charge in [0.1, 0.15) is 5.75 Å². The van der Waals surface area contributed by atoms with Gasteiger partial charge in [-0.15, -0.1) is 0 Å². The summed E-state index contributed by atoms with van der Waals surface area (Å²) in [5.74, 6) is -0.318. The van der Waals surface area contributed by atoms with Gasteiger partial charge in [0.05, 0.1) is 29.7 Å². The van der Waals surface area contributed by atoms with Crippen molar-refractivity contribution in [3.63, 3.8) is 0 Å². The second-order valence-corrected chi connectivity index (χ2v) is 9.81. The highest BCUT2D eigenvalue weighted by atomic mass is 32.2. The topological polar surface area (TPSA) is 96.0 Å². The van der Waals surface area contributed by atoms with Gasteiger partial charge in [-0.1, -0.05) is 18.2 Å². The minimum atomic E-state index is -3.62. The van der Waals surface area contributed by atoms with Crippen LogP contribution < -0.4 is 14.4 Å². The van der Waals surface area contributed by atoms with E-state index in [1.807, 2.05) is 6.92 Å². The first-order valence-corrected chi connectivity index (χ1v) is 12.0. The van der Waals surface area contributed by atoms with Crippen molar-refractivity contribution >= 4 is 33.2 Å². The monoisotopic (exact) mass is 443 g/mol. The molecule has 31 heavy (non-hydrogen) atoms. The van der Waals surface area contributed by atoms with Crippen molar-refractivity contribution in [3.05, 3.63) is 53.6 Å². The van der Waals surface area contributed by atoms with Crippen molar-refractivity contribution in [1.82, 2.24) is 4.90 Å². The molecule has 2 heterocycles. The maximum atomic E-state index is 13.0. The average Bonchev–Trinajstić information content (AvgIpc) is 3.27. The Labute approximate surface area is 181 Å². The lowest BCUT2D eigenvalue weighted by Gasteiger charge is -2.34. The number of carbonyl (C=O) groups excluding carboxylic acids is 2. The second-order valence-electron chi connectivity index (χ2n) is 7.91. The Hall–Kier alpha value is -3.07. The molecule has 0 bridgehead atoms. The summed E-state index contributed by atoms with van der Waals surface area (Å²) in [6.07, 6.45) is 1.98. The molecule has 1 atom stereocenters. The zero-order valence-corrected chi connectivity index (χ0v) is 18.3. The minimum absolute atomic E-state index is 0.128. The molecule has 4 rings (SSSR count). The second kappa shape index (κ2) is 8.22. The lowest BCUT2D eigenvalue weighted by molar-refractivity contribution is -0.122. The molecule has 0 spiro atoms. The standard InChI is InChI=1S/C22H25N3O5S/c1-15-9-10-19-18(13-15)25(31(2,28)29)14-20(30-19)21(26)23-17-8-4-3-7-16(17)22(27)24-11-5-6-12-24/h3-4,7-10,13,20H,5-6,11-12,14H2,1-2H3,(H,23,26). The van der Waals surface area contributed by atoms with Gasteiger partial charge in [-0.2, -0.15) is 0 Å². The van der Waals surface area contributed by atoms with E-state index >= 15 is 0 Å². The number of amides is 2. The Bertz CT molecular complexity index is 1130. The first-order chi connectivity index (χ1) is 14.7. The van der Waals surface area contributed by atoms with Crippen molar-refractivity contribution in [1.29, 1.82) is 0 Å². The van der Waals surface area contributed by atoms with Crippen LogP contribution in [0.15, 0.2) is 42.5 Å². The molecule has 0 saturated carbocycles. The normalized spacial score (nSPS) is 18.3. The van der Waals surface area contributed by atoms with E-state index in [-0.39, 0.29) is 12.5 Å². The number of hydrogen-bond acceptors (Lipinski definition) is 5. The Morgan fingerprint density at radius 2 is 1.81 bits per heavy atom. The molecular weight excluding hydrogens is 418 g/mol. The largest absolute Gasteiger partial charge is 0.476 e. The fourth-order valence-electron chi connectivity index (χ4n) is 3.89. The van der Waals surface area contributed by atoms with E-state index in [0.29, 0.717) is 35.8 Å². The summed E-state index contributed by atoms with van der Waals surface area (Å²) < 4.78 is 31.7. The molecule has 2 aromatic carbocycles. The van der Waals surface area contributed by atoms with Crippen LogP contribution in [-0.2, 0) is 14.8 Å². The summed E-state index contributed by atoms with van der Waals surface area (Å²) in [7, 11) is -3.62. The number of carbonyl (C=O) groups is 2. The van der Waals surface area contributed by atoms with Crippen LogP contribution in [-0.4, -0.2) is 57.1 Å². The quantitative estimate of drug-likeness (QED) is 0.783. The maximum absolute atomic E-state index is 13.0. The number of para-hydroxylation sites is 1. The predicted octanol–water partition coefficient (Wildman–Crippen LogP) is 2.40. The van der Waals surface area contributed by atoms with E-state index in [4.69, 9.17) is 4.74 Å². The molecule has 2 aliphatic heterocycles. The zero-order chi connectivity index (χ0) is 22.2. The molecule has 8 nitrogen and oxygen atoms in total. The van der Waals surface area contributed by atoms with Gasteiger partial charge in [0.2, 0.25) is 10.0 Å². The van der Waals surface area contributed by atoms with Crippen LogP contribution in [0.25, 0.3) is 0 Å². The first-order valence-electron chi connectivity index (χ1n) is 10.2. The number of nitrogens with one attached hydrogen (secondary N) is 1. The van der Waals surface area contributed by atoms with Gasteiger partial charge < -0.3 is 15.0 Å². The van der Waals surface area contributed by atoms with E-state index in [1.54, 1.807) is 47.4 Å². The third kappa shape index (κ3) is 4.36. The number of sulfonamides is 1. The van der Waals surface area contributed by atoms with Gasteiger partial charge in [0.25, 0.3) is 11.8 Å². The van der Waals surface area contributed by atoms with Gasteiger partial charge in [-0.3, -0.25) is 13.9 Å². The highest BCUT2D eigenvalue weighted by molar-refractivity contribution is 7.92. The molecule has 9 heteroatoms. The highest BCUT2D eigenvalue weighted by Crippen LogP contribution is 2.36. The number of ether oxygens (including phenoxy) is 1. The number of fused-ring (bicyclic) bond motifs is 1. The van der Waals surface area contributed by atoms with Crippen molar-refractivity contribution < 1.29 is 22.7 Å². The first kappa shape index (κ1) is 21.2. The van der Waals surface area contributed by atoms with Crippen molar-refractivity contribution in [3.8, 4) is 5.75 Å². The Morgan fingerprint density at radius 3 is 2.52 bits per heavy atom. The molecule has 0 aromatic heterocycles. The van der Waals surface area contributed by atoms with Gasteiger partial charge in [0, 0.05) is 13.1 Å². The molecule has 2 aromatic rings. The molecule has 0 aliphatic carbocycles. The van der Waals surface area contributed by atoms with Crippen molar-refractivity contribution in [2.24, 2.45) is 0 Å². The van der Waals surface area contributed by atoms with E-state index in [9.17, 15) is 18.0 Å². The molecule has 1 N–H and O–H groups in total. The zero-order valence-electron chi connectivity index (χ0n) is 17.5. The highest BCUT2D eigenvalue weighted by Gasteiger charge is 2.35. The van der Waals surface area contributed by atoms with Gasteiger partial charge in [-0.25, -0.2) is 8.42 Å². The number of benzene rings is 2. The summed E-state index contributed by atoms with van der Waals surface area (Å²) in [6, 6.07) is 12.0. The molecule has 1 unspecified atom stereocenters. The molecule has 164 valence electrons. The number of hydrogen-bond donors (Lipinski definition) is 1. The Morgan fingerprint density at radius 1 is 1.10 bits per heavy atom. The summed E-state index contributed by atoms with van der Waals surface area (Å²) in [6.45, 7) is 3.11. The van der Waals surface area contributed by atoms with E-state index in [0.717, 1.165) is 24.7 Å². The van der Waals surface area contributed by atoms with Crippen molar-refractivity contribution in [2.75, 3.05) is 35.5 Å². The molecule has 1 saturated heterocycles. The fourth-order valence-corrected chi connectivity index (χ4v) is 4.80. The summed E-state index contributed by atoms with van der Waals surface area (Å²) >= 11 is 0. The van der Waals surface area contributed by atoms with E-state index in [2.05, 4.69) is 5.32 Å². The van der Waals surface area contributed by atoms with Crippen LogP contribution in [0.1, 0.15) is 28.8 Å². The third-order valence-electron chi connectivity index (χ3n) is 5.49. The third-order valence-corrected chi connectivity index (χ3v) is 6.63. The predicted molar refractivity (Wildman–Crippen MR) is 118 cm³/mol. The Kier molecular flexibility index (Phi) is 5.62. The summed E-state index contributed by atoms with van der Waals surface area (Å²) in [5, 5.41) is 2.77. The van der Waals surface area contributed by atoms with Gasteiger partial charge in [0.15, 0.2) is 6.10 Å². The van der Waals surface area contributed by atoms with Gasteiger partial charge >= 0.3 is 0 Å². The molecule has 0 radical (unpaired) electrons. The van der Waals surface area contributed by atoms with Crippen LogP contribution in [0.4, 0.5) is 11.4 Å². The minimum Gasteiger partial charge on any atom is -0.476 e. The van der Waals surface area contributed by atoms with Crippen LogP contribution >= 0.6 is 0 Å². The Balaban J connectivity index is 1.58. The van der Waals surface area contributed by atoms with E-state index in [1.165, 1.54) is 4.31 Å². The number of rotatable bonds is 4. The number of nitrogens with zero attached hydrogens (tertiary/aromatic N) is 2. The molecule has 2 amide bonds. The SMILES string of the molecule is Cc1ccc2c(c1)N(S(C)(=O)=O)CC(C(=O)Nc1ccccc1C(=O)N1CCCC1)O2. The average molecular weight is 444 g/mol. The van der Waals surface area contributed by atoms with Crippen LogP contribution in [0.2, 0.25) is 0 Å². The van der Waals surface area contributed by atoms with Gasteiger partial charge in [-0.05, 0) is 49.6 Å². The summed E-state index contributed by atoms with van der Waals surface area (Å²) in [5.41, 5.74) is 2.09. The number of anilines is 2. The lowest BCUT2D eigenvalue weighted by Crippen LogP contribution is -2.48. The fraction of sp³-hybridized carbons (Fsp3) is 0.364. The smallest absolute Gasteiger partial charge is 0.267 e. The van der Waals surface area contributed by atoms with Crippen LogP contribution in [0.5, 0.6) is 5.75 Å². The molecule has 2 aliphatic rings. The number of aryl methyl sites for hydroxylation is 1. The van der Waals surface area contributed by atoms with Crippen LogP contribution in [0.3, 0.4) is 0 Å². The summed E-state index contributed by atoms with van der Waals surface area (Å²) in [4.78, 5) is 27.7. The maximum Gasteiger partial charge on any atom is 0.267 e. The molecular formula is C22H25N3O5S. The number of likely N-dealkylation sites (tertiary alicyclic amines) is 1.